The van der Waals surface area contributed by atoms with Crippen molar-refractivity contribution in [2.75, 3.05) is 13.2 Å². The van der Waals surface area contributed by atoms with Crippen molar-refractivity contribution in [2.24, 2.45) is 0 Å². The fourth-order valence-electron chi connectivity index (χ4n) is 6.87. The Bertz CT molecular complexity index is 1160. The summed E-state index contributed by atoms with van der Waals surface area (Å²) in [4.78, 5) is 37.9. The molecule has 0 heterocycles. The van der Waals surface area contributed by atoms with E-state index in [-0.39, 0.29) is 37.5 Å². The maximum atomic E-state index is 12.8. The van der Waals surface area contributed by atoms with Crippen molar-refractivity contribution in [2.45, 2.75) is 245 Å². The van der Waals surface area contributed by atoms with E-state index in [0.29, 0.717) is 19.3 Å². The third kappa shape index (κ3) is 47.7. The van der Waals surface area contributed by atoms with E-state index in [1.165, 1.54) is 103 Å². The molecule has 0 fully saturated rings. The zero-order valence-electron chi connectivity index (χ0n) is 39.9. The molecular weight excluding hydrogens is 757 g/mol. The van der Waals surface area contributed by atoms with Gasteiger partial charge in [0.15, 0.2) is 6.10 Å². The number of ether oxygens (including phenoxy) is 3. The van der Waals surface area contributed by atoms with Gasteiger partial charge in [-0.15, -0.1) is 0 Å². The van der Waals surface area contributed by atoms with Gasteiger partial charge in [0.2, 0.25) is 0 Å². The average Bonchev–Trinajstić information content (AvgIpc) is 3.26. The molecule has 350 valence electrons. The lowest BCUT2D eigenvalue weighted by atomic mass is 10.1. The van der Waals surface area contributed by atoms with Crippen LogP contribution in [0.3, 0.4) is 0 Å². The molecule has 0 aliphatic rings. The smallest absolute Gasteiger partial charge is 0.306 e. The topological polar surface area (TPSA) is 78.9 Å². The van der Waals surface area contributed by atoms with E-state index >= 15 is 0 Å². The second-order valence-corrected chi connectivity index (χ2v) is 16.7. The molecular formula is C55H94O6. The lowest BCUT2D eigenvalue weighted by Crippen LogP contribution is -2.30. The standard InChI is InChI=1S/C55H94O6/c1-4-7-10-13-16-19-22-24-26-27-29-30-33-36-39-42-45-48-54(57)60-51-52(50-59-53(56)47-44-41-38-35-32-21-18-15-12-9-6-3)61-55(58)49-46-43-40-37-34-31-28-25-23-20-17-14-11-8-5-2/h8,11,16-17,19-20,24-26,28,34,37,52H,4-7,9-10,12-15,18,21-23,27,29-33,35-36,38-51H2,1-3H3/b11-8-,19-16-,20-17-,26-24-,28-25-,37-34-/t52-/m1/s1. The number of esters is 3. The molecule has 0 N–H and O–H groups in total. The molecule has 0 saturated carbocycles. The number of carbonyl (C=O) groups is 3. The maximum absolute atomic E-state index is 12.8. The highest BCUT2D eigenvalue weighted by molar-refractivity contribution is 5.71. The number of hydrogen-bond acceptors (Lipinski definition) is 6. The first-order valence-electron chi connectivity index (χ1n) is 25.4. The first kappa shape index (κ1) is 57.9. The molecule has 0 aliphatic carbocycles. The fourth-order valence-corrected chi connectivity index (χ4v) is 6.87. The molecule has 0 unspecified atom stereocenters. The summed E-state index contributed by atoms with van der Waals surface area (Å²) in [7, 11) is 0. The van der Waals surface area contributed by atoms with Crippen LogP contribution in [-0.4, -0.2) is 37.2 Å². The van der Waals surface area contributed by atoms with Gasteiger partial charge in [-0.25, -0.2) is 0 Å². The Kier molecular flexibility index (Phi) is 46.9. The monoisotopic (exact) mass is 851 g/mol. The van der Waals surface area contributed by atoms with Gasteiger partial charge in [-0.05, 0) is 89.9 Å². The van der Waals surface area contributed by atoms with Crippen LogP contribution in [0, 0.1) is 0 Å². The SMILES string of the molecule is CC/C=C\C/C=C\C/C=C\C/C=C\CCCCC(=O)O[C@@H](COC(=O)CCCCCCCCC/C=C\C/C=C\CCCCC)COC(=O)CCCCCCCCCCCCC. The van der Waals surface area contributed by atoms with Crippen LogP contribution in [0.1, 0.15) is 239 Å². The minimum atomic E-state index is -0.797. The first-order valence-corrected chi connectivity index (χ1v) is 25.4. The first-order chi connectivity index (χ1) is 30.0. The summed E-state index contributed by atoms with van der Waals surface area (Å²) in [6.45, 7) is 6.45. The molecule has 0 aromatic rings. The number of hydrogen-bond donors (Lipinski definition) is 0. The maximum Gasteiger partial charge on any atom is 0.306 e. The van der Waals surface area contributed by atoms with Gasteiger partial charge in [0.1, 0.15) is 13.2 Å². The summed E-state index contributed by atoms with van der Waals surface area (Å²) < 4.78 is 16.7. The average molecular weight is 851 g/mol. The third-order valence-electron chi connectivity index (χ3n) is 10.7. The minimum Gasteiger partial charge on any atom is -0.462 e. The van der Waals surface area contributed by atoms with Gasteiger partial charge in [-0.1, -0.05) is 203 Å². The normalized spacial score (nSPS) is 12.6. The molecule has 0 radical (unpaired) electrons. The highest BCUT2D eigenvalue weighted by Gasteiger charge is 2.19. The van der Waals surface area contributed by atoms with Crippen molar-refractivity contribution in [3.8, 4) is 0 Å². The zero-order chi connectivity index (χ0) is 44.4. The van der Waals surface area contributed by atoms with E-state index in [1.807, 2.05) is 0 Å². The quantitative estimate of drug-likeness (QED) is 0.0263. The van der Waals surface area contributed by atoms with Crippen LogP contribution in [0.5, 0.6) is 0 Å². The summed E-state index contributed by atoms with van der Waals surface area (Å²) in [6.07, 6.45) is 61.7. The van der Waals surface area contributed by atoms with Crippen molar-refractivity contribution >= 4 is 17.9 Å². The van der Waals surface area contributed by atoms with Gasteiger partial charge >= 0.3 is 17.9 Å². The van der Waals surface area contributed by atoms with Crippen LogP contribution in [0.25, 0.3) is 0 Å². The number of unbranched alkanes of at least 4 members (excludes halogenated alkanes) is 22. The van der Waals surface area contributed by atoms with E-state index in [0.717, 1.165) is 89.9 Å². The highest BCUT2D eigenvalue weighted by atomic mass is 16.6. The summed E-state index contributed by atoms with van der Waals surface area (Å²) in [5, 5.41) is 0. The number of allylic oxidation sites excluding steroid dienone is 12. The third-order valence-corrected chi connectivity index (χ3v) is 10.7. The largest absolute Gasteiger partial charge is 0.462 e. The molecule has 61 heavy (non-hydrogen) atoms. The fraction of sp³-hybridized carbons (Fsp3) is 0.727. The Morgan fingerprint density at radius 3 is 1.07 bits per heavy atom. The van der Waals surface area contributed by atoms with Crippen molar-refractivity contribution in [1.29, 1.82) is 0 Å². The molecule has 6 heteroatoms. The number of carbonyl (C=O) groups excluding carboxylic acids is 3. The van der Waals surface area contributed by atoms with Crippen LogP contribution in [0.4, 0.5) is 0 Å². The van der Waals surface area contributed by atoms with Crippen molar-refractivity contribution in [1.82, 2.24) is 0 Å². The van der Waals surface area contributed by atoms with Gasteiger partial charge in [0, 0.05) is 19.3 Å². The predicted octanol–water partition coefficient (Wildman–Crippen LogP) is 16.6. The van der Waals surface area contributed by atoms with Crippen LogP contribution in [0.2, 0.25) is 0 Å². The molecule has 0 bridgehead atoms. The minimum absolute atomic E-state index is 0.0935. The highest BCUT2D eigenvalue weighted by Crippen LogP contribution is 2.14. The lowest BCUT2D eigenvalue weighted by Gasteiger charge is -2.18. The molecule has 0 aromatic heterocycles. The summed E-state index contributed by atoms with van der Waals surface area (Å²) in [5.74, 6) is -0.943. The Hall–Kier alpha value is -3.15. The van der Waals surface area contributed by atoms with Crippen molar-refractivity contribution in [3.63, 3.8) is 0 Å². The summed E-state index contributed by atoms with van der Waals surface area (Å²) in [6, 6.07) is 0. The zero-order valence-corrected chi connectivity index (χ0v) is 39.9. The second kappa shape index (κ2) is 49.5. The van der Waals surface area contributed by atoms with Crippen LogP contribution in [-0.2, 0) is 28.6 Å². The molecule has 0 saturated heterocycles. The molecule has 0 amide bonds. The van der Waals surface area contributed by atoms with E-state index in [2.05, 4.69) is 93.7 Å². The summed E-state index contributed by atoms with van der Waals surface area (Å²) in [5.41, 5.74) is 0. The van der Waals surface area contributed by atoms with Gasteiger partial charge in [-0.3, -0.25) is 14.4 Å². The van der Waals surface area contributed by atoms with Crippen LogP contribution in [0.15, 0.2) is 72.9 Å². The van der Waals surface area contributed by atoms with Crippen molar-refractivity contribution < 1.29 is 28.6 Å². The lowest BCUT2D eigenvalue weighted by molar-refractivity contribution is -0.167. The van der Waals surface area contributed by atoms with Crippen LogP contribution < -0.4 is 0 Å². The molecule has 0 aromatic carbocycles. The van der Waals surface area contributed by atoms with E-state index in [4.69, 9.17) is 14.2 Å². The number of rotatable bonds is 45. The Morgan fingerprint density at radius 2 is 0.639 bits per heavy atom. The Morgan fingerprint density at radius 1 is 0.344 bits per heavy atom. The summed E-state index contributed by atoms with van der Waals surface area (Å²) >= 11 is 0. The Labute approximate surface area is 376 Å². The van der Waals surface area contributed by atoms with Gasteiger partial charge in [0.25, 0.3) is 0 Å². The van der Waals surface area contributed by atoms with Crippen molar-refractivity contribution in [3.05, 3.63) is 72.9 Å². The van der Waals surface area contributed by atoms with Crippen LogP contribution >= 0.6 is 0 Å². The van der Waals surface area contributed by atoms with E-state index < -0.39 is 6.10 Å². The molecule has 0 spiro atoms. The van der Waals surface area contributed by atoms with Gasteiger partial charge < -0.3 is 14.2 Å². The molecule has 1 atom stereocenters. The molecule has 0 rings (SSSR count). The van der Waals surface area contributed by atoms with E-state index in [9.17, 15) is 14.4 Å². The Balaban J connectivity index is 4.44. The van der Waals surface area contributed by atoms with E-state index in [1.54, 1.807) is 0 Å². The van der Waals surface area contributed by atoms with Gasteiger partial charge in [0.05, 0.1) is 0 Å². The van der Waals surface area contributed by atoms with Gasteiger partial charge in [-0.2, -0.15) is 0 Å². The molecule has 0 aliphatic heterocycles. The predicted molar refractivity (Wildman–Crippen MR) is 261 cm³/mol. The second-order valence-electron chi connectivity index (χ2n) is 16.7. The molecule has 6 nitrogen and oxygen atoms in total.